The lowest BCUT2D eigenvalue weighted by atomic mass is 10.2. The van der Waals surface area contributed by atoms with Crippen molar-refractivity contribution in [1.29, 1.82) is 0 Å². The molecule has 1 aromatic rings. The van der Waals surface area contributed by atoms with Crippen molar-refractivity contribution >= 4 is 5.97 Å². The van der Waals surface area contributed by atoms with Gasteiger partial charge in [-0.1, -0.05) is 13.8 Å². The van der Waals surface area contributed by atoms with Crippen LogP contribution in [0.15, 0.2) is 6.20 Å². The SMILES string of the molecule is CC(=O)Oc1cnc(C(C)C)[nH]1. The van der Waals surface area contributed by atoms with Crippen LogP contribution in [0.5, 0.6) is 5.88 Å². The highest BCUT2D eigenvalue weighted by Crippen LogP contribution is 2.13. The van der Waals surface area contributed by atoms with Gasteiger partial charge in [-0.3, -0.25) is 4.79 Å². The molecule has 0 bridgehead atoms. The van der Waals surface area contributed by atoms with Gasteiger partial charge in [-0.05, 0) is 0 Å². The molecule has 12 heavy (non-hydrogen) atoms. The summed E-state index contributed by atoms with van der Waals surface area (Å²) < 4.78 is 4.79. The molecular formula is C8H12N2O2. The number of hydrogen-bond acceptors (Lipinski definition) is 3. The Labute approximate surface area is 71.0 Å². The summed E-state index contributed by atoms with van der Waals surface area (Å²) in [6.45, 7) is 5.38. The van der Waals surface area contributed by atoms with Crippen LogP contribution in [0.3, 0.4) is 0 Å². The monoisotopic (exact) mass is 168 g/mol. The van der Waals surface area contributed by atoms with Gasteiger partial charge in [-0.25, -0.2) is 4.98 Å². The molecule has 4 nitrogen and oxygen atoms in total. The zero-order chi connectivity index (χ0) is 9.14. The van der Waals surface area contributed by atoms with E-state index in [1.807, 2.05) is 13.8 Å². The predicted molar refractivity (Wildman–Crippen MR) is 44.0 cm³/mol. The molecule has 66 valence electrons. The first-order chi connectivity index (χ1) is 5.59. The highest BCUT2D eigenvalue weighted by atomic mass is 16.5. The number of esters is 1. The molecule has 0 aliphatic heterocycles. The summed E-state index contributed by atoms with van der Waals surface area (Å²) in [4.78, 5) is 17.4. The van der Waals surface area contributed by atoms with E-state index in [0.717, 1.165) is 5.82 Å². The summed E-state index contributed by atoms with van der Waals surface area (Å²) >= 11 is 0. The van der Waals surface area contributed by atoms with E-state index in [1.54, 1.807) is 0 Å². The number of hydrogen-bond donors (Lipinski definition) is 1. The third-order valence-corrected chi connectivity index (χ3v) is 1.37. The molecule has 0 aliphatic rings. The lowest BCUT2D eigenvalue weighted by Crippen LogP contribution is -2.01. The van der Waals surface area contributed by atoms with Crippen molar-refractivity contribution in [3.05, 3.63) is 12.0 Å². The van der Waals surface area contributed by atoms with Gasteiger partial charge in [-0.15, -0.1) is 0 Å². The first-order valence-corrected chi connectivity index (χ1v) is 3.83. The van der Waals surface area contributed by atoms with Crippen LogP contribution in [0.1, 0.15) is 32.5 Å². The Kier molecular flexibility index (Phi) is 2.47. The van der Waals surface area contributed by atoms with E-state index in [4.69, 9.17) is 4.74 Å². The van der Waals surface area contributed by atoms with Gasteiger partial charge in [0.1, 0.15) is 5.82 Å². The van der Waals surface area contributed by atoms with Crippen LogP contribution < -0.4 is 4.74 Å². The van der Waals surface area contributed by atoms with Crippen LogP contribution in [-0.4, -0.2) is 15.9 Å². The van der Waals surface area contributed by atoms with E-state index in [0.29, 0.717) is 11.8 Å². The van der Waals surface area contributed by atoms with Gasteiger partial charge in [0.15, 0.2) is 0 Å². The first-order valence-electron chi connectivity index (χ1n) is 3.83. The number of imidazole rings is 1. The van der Waals surface area contributed by atoms with E-state index in [2.05, 4.69) is 9.97 Å². The number of aromatic nitrogens is 2. The van der Waals surface area contributed by atoms with E-state index < -0.39 is 0 Å². The number of carbonyl (C=O) groups excluding carboxylic acids is 1. The average molecular weight is 168 g/mol. The maximum atomic E-state index is 10.5. The number of aromatic amines is 1. The lowest BCUT2D eigenvalue weighted by molar-refractivity contribution is -0.132. The van der Waals surface area contributed by atoms with Crippen molar-refractivity contribution in [3.8, 4) is 5.88 Å². The Morgan fingerprint density at radius 1 is 1.67 bits per heavy atom. The van der Waals surface area contributed by atoms with Gasteiger partial charge in [-0.2, -0.15) is 0 Å². The van der Waals surface area contributed by atoms with Crippen molar-refractivity contribution in [2.24, 2.45) is 0 Å². The highest BCUT2D eigenvalue weighted by molar-refractivity contribution is 5.68. The van der Waals surface area contributed by atoms with Crippen molar-refractivity contribution in [1.82, 2.24) is 9.97 Å². The maximum absolute atomic E-state index is 10.5. The van der Waals surface area contributed by atoms with Crippen molar-refractivity contribution in [2.45, 2.75) is 26.7 Å². The molecule has 1 aromatic heterocycles. The van der Waals surface area contributed by atoms with Crippen LogP contribution in [0, 0.1) is 0 Å². The molecule has 0 saturated heterocycles. The lowest BCUT2D eigenvalue weighted by Gasteiger charge is -1.98. The van der Waals surface area contributed by atoms with Crippen molar-refractivity contribution in [3.63, 3.8) is 0 Å². The van der Waals surface area contributed by atoms with Gasteiger partial charge < -0.3 is 9.72 Å². The number of ether oxygens (including phenoxy) is 1. The van der Waals surface area contributed by atoms with Crippen molar-refractivity contribution < 1.29 is 9.53 Å². The Morgan fingerprint density at radius 3 is 2.75 bits per heavy atom. The minimum atomic E-state index is -0.339. The Morgan fingerprint density at radius 2 is 2.33 bits per heavy atom. The average Bonchev–Trinajstić information content (AvgIpc) is 2.34. The van der Waals surface area contributed by atoms with E-state index >= 15 is 0 Å². The smallest absolute Gasteiger partial charge is 0.309 e. The molecule has 0 amide bonds. The molecule has 0 aromatic carbocycles. The highest BCUT2D eigenvalue weighted by Gasteiger charge is 2.05. The van der Waals surface area contributed by atoms with E-state index in [9.17, 15) is 4.79 Å². The van der Waals surface area contributed by atoms with Crippen LogP contribution in [0.4, 0.5) is 0 Å². The number of carbonyl (C=O) groups is 1. The fourth-order valence-electron chi connectivity index (χ4n) is 0.819. The van der Waals surface area contributed by atoms with Crippen LogP contribution >= 0.6 is 0 Å². The molecule has 0 saturated carbocycles. The minimum Gasteiger partial charge on any atom is -0.408 e. The maximum Gasteiger partial charge on any atom is 0.309 e. The quantitative estimate of drug-likeness (QED) is 0.680. The second kappa shape index (κ2) is 3.38. The third-order valence-electron chi connectivity index (χ3n) is 1.37. The fourth-order valence-corrected chi connectivity index (χ4v) is 0.819. The summed E-state index contributed by atoms with van der Waals surface area (Å²) in [5.74, 6) is 1.21. The molecule has 0 fully saturated rings. The summed E-state index contributed by atoms with van der Waals surface area (Å²) in [5, 5.41) is 0. The molecule has 0 atom stereocenters. The molecule has 1 N–H and O–H groups in total. The zero-order valence-corrected chi connectivity index (χ0v) is 7.42. The molecule has 0 radical (unpaired) electrons. The minimum absolute atomic E-state index is 0.314. The summed E-state index contributed by atoms with van der Waals surface area (Å²) in [6.07, 6.45) is 1.51. The van der Waals surface area contributed by atoms with Crippen LogP contribution in [0.25, 0.3) is 0 Å². The first kappa shape index (κ1) is 8.77. The largest absolute Gasteiger partial charge is 0.408 e. The number of H-pyrrole nitrogens is 1. The van der Waals surface area contributed by atoms with Gasteiger partial charge >= 0.3 is 5.97 Å². The van der Waals surface area contributed by atoms with E-state index in [-0.39, 0.29) is 5.97 Å². The number of nitrogens with one attached hydrogen (secondary N) is 1. The zero-order valence-electron chi connectivity index (χ0n) is 7.42. The van der Waals surface area contributed by atoms with Crippen LogP contribution in [-0.2, 0) is 4.79 Å². The Hall–Kier alpha value is -1.32. The molecule has 0 unspecified atom stereocenters. The second-order valence-corrected chi connectivity index (χ2v) is 2.88. The Bertz CT molecular complexity index is 278. The number of rotatable bonds is 2. The standard InChI is InChI=1S/C8H12N2O2/c1-5(2)8-9-4-7(10-8)12-6(3)11/h4-5H,1-3H3,(H,9,10). The van der Waals surface area contributed by atoms with Gasteiger partial charge in [0.25, 0.3) is 0 Å². The van der Waals surface area contributed by atoms with Gasteiger partial charge in [0.05, 0.1) is 6.20 Å². The molecule has 0 aliphatic carbocycles. The van der Waals surface area contributed by atoms with Crippen molar-refractivity contribution in [2.75, 3.05) is 0 Å². The topological polar surface area (TPSA) is 55.0 Å². The summed E-state index contributed by atoms with van der Waals surface area (Å²) in [6, 6.07) is 0. The van der Waals surface area contributed by atoms with E-state index in [1.165, 1.54) is 13.1 Å². The molecular weight excluding hydrogens is 156 g/mol. The normalized spacial score (nSPS) is 10.3. The number of nitrogens with zero attached hydrogens (tertiary/aromatic N) is 1. The molecule has 1 heterocycles. The molecule has 4 heteroatoms. The van der Waals surface area contributed by atoms with Gasteiger partial charge in [0.2, 0.25) is 5.88 Å². The predicted octanol–water partition coefficient (Wildman–Crippen LogP) is 1.46. The second-order valence-electron chi connectivity index (χ2n) is 2.88. The summed E-state index contributed by atoms with van der Waals surface area (Å²) in [7, 11) is 0. The van der Waals surface area contributed by atoms with Crippen LogP contribution in [0.2, 0.25) is 0 Å². The Balaban J connectivity index is 2.70. The summed E-state index contributed by atoms with van der Waals surface area (Å²) in [5.41, 5.74) is 0. The molecule has 1 rings (SSSR count). The molecule has 0 spiro atoms. The fraction of sp³-hybridized carbons (Fsp3) is 0.500. The third kappa shape index (κ3) is 2.08. The van der Waals surface area contributed by atoms with Gasteiger partial charge in [0, 0.05) is 12.8 Å².